The molecule has 5 rings (SSSR count). The number of ketones is 1. The lowest BCUT2D eigenvalue weighted by molar-refractivity contribution is -0.269. The Labute approximate surface area is 220 Å². The number of pyridine rings is 1. The number of carbonyl (C=O) groups excluding carboxylic acids is 1. The van der Waals surface area contributed by atoms with E-state index in [1.807, 2.05) is 39.0 Å². The number of imidazole rings is 1. The minimum atomic E-state index is -0.737. The van der Waals surface area contributed by atoms with Crippen LogP contribution in [-0.4, -0.2) is 34.2 Å². The van der Waals surface area contributed by atoms with Crippen molar-refractivity contribution >= 4 is 11.4 Å². The minimum Gasteiger partial charge on any atom is -0.485 e. The summed E-state index contributed by atoms with van der Waals surface area (Å²) in [6.45, 7) is 7.83. The molecule has 198 valence electrons. The van der Waals surface area contributed by atoms with Crippen molar-refractivity contribution in [3.8, 4) is 5.75 Å². The molecule has 1 saturated heterocycles. The maximum Gasteiger partial charge on any atom is 0.182 e. The number of rotatable bonds is 7. The number of benzene rings is 2. The van der Waals surface area contributed by atoms with Crippen molar-refractivity contribution in [2.75, 3.05) is 13.2 Å². The Morgan fingerprint density at radius 2 is 1.71 bits per heavy atom. The van der Waals surface area contributed by atoms with Gasteiger partial charge in [-0.15, -0.1) is 0 Å². The van der Waals surface area contributed by atoms with Crippen LogP contribution < -0.4 is 4.74 Å². The maximum absolute atomic E-state index is 14.1. The Balaban J connectivity index is 1.47. The molecular formula is C30H30F2N2O4. The van der Waals surface area contributed by atoms with Gasteiger partial charge >= 0.3 is 0 Å². The molecule has 0 spiro atoms. The Hall–Kier alpha value is -3.62. The van der Waals surface area contributed by atoms with Crippen LogP contribution in [0.1, 0.15) is 53.1 Å². The number of Topliss-reactive ketones (excluding diaryl/α,β-unsaturated/α-hetero) is 1. The fraction of sp³-hybridized carbons (Fsp3) is 0.333. The highest BCUT2D eigenvalue weighted by Crippen LogP contribution is 2.38. The normalized spacial score (nSPS) is 16.5. The molecule has 1 aliphatic heterocycles. The first kappa shape index (κ1) is 26.0. The van der Waals surface area contributed by atoms with E-state index in [2.05, 4.69) is 11.1 Å². The van der Waals surface area contributed by atoms with E-state index < -0.39 is 22.8 Å². The van der Waals surface area contributed by atoms with E-state index in [9.17, 15) is 13.6 Å². The molecule has 4 aromatic rings. The summed E-state index contributed by atoms with van der Waals surface area (Å²) in [5.41, 5.74) is 2.55. The first-order valence-corrected chi connectivity index (χ1v) is 12.5. The molecule has 2 aromatic heterocycles. The topological polar surface area (TPSA) is 62.1 Å². The fourth-order valence-electron chi connectivity index (χ4n) is 4.87. The van der Waals surface area contributed by atoms with Gasteiger partial charge in [0.1, 0.15) is 23.9 Å². The molecule has 2 aromatic carbocycles. The zero-order valence-corrected chi connectivity index (χ0v) is 21.9. The molecule has 0 unspecified atom stereocenters. The number of aromatic nitrogens is 2. The molecular weight excluding hydrogens is 490 g/mol. The zero-order valence-electron chi connectivity index (χ0n) is 21.9. The smallest absolute Gasteiger partial charge is 0.182 e. The van der Waals surface area contributed by atoms with Crippen LogP contribution in [0.4, 0.5) is 8.78 Å². The third kappa shape index (κ3) is 4.93. The SMILES string of the molecule is Cc1cccc(C2(CC(=O)c3c(C)nc4c(OCc5c(F)cccc5F)cccn34)COC(C)(C)OC2)c1. The highest BCUT2D eigenvalue weighted by atomic mass is 19.1. The second-order valence-electron chi connectivity index (χ2n) is 10.3. The molecule has 0 atom stereocenters. The van der Waals surface area contributed by atoms with Crippen LogP contribution >= 0.6 is 0 Å². The number of fused-ring (bicyclic) bond motifs is 1. The molecule has 0 amide bonds. The predicted molar refractivity (Wildman–Crippen MR) is 138 cm³/mol. The van der Waals surface area contributed by atoms with Gasteiger partial charge in [0.2, 0.25) is 0 Å². The number of carbonyl (C=O) groups is 1. The van der Waals surface area contributed by atoms with Crippen molar-refractivity contribution in [3.63, 3.8) is 0 Å². The summed E-state index contributed by atoms with van der Waals surface area (Å²) in [7, 11) is 0. The van der Waals surface area contributed by atoms with Crippen molar-refractivity contribution < 1.29 is 27.8 Å². The van der Waals surface area contributed by atoms with E-state index in [4.69, 9.17) is 14.2 Å². The predicted octanol–water partition coefficient (Wildman–Crippen LogP) is 6.10. The van der Waals surface area contributed by atoms with Gasteiger partial charge in [0.15, 0.2) is 23.0 Å². The van der Waals surface area contributed by atoms with Crippen LogP contribution in [0, 0.1) is 25.5 Å². The van der Waals surface area contributed by atoms with E-state index in [1.165, 1.54) is 18.2 Å². The van der Waals surface area contributed by atoms with Gasteiger partial charge in [0.05, 0.1) is 24.5 Å². The fourth-order valence-corrected chi connectivity index (χ4v) is 4.87. The number of hydrogen-bond donors (Lipinski definition) is 0. The molecule has 0 aliphatic carbocycles. The lowest BCUT2D eigenvalue weighted by atomic mass is 9.76. The number of halogens is 2. The lowest BCUT2D eigenvalue weighted by Crippen LogP contribution is -2.50. The first-order valence-electron chi connectivity index (χ1n) is 12.5. The van der Waals surface area contributed by atoms with Crippen molar-refractivity contribution in [1.82, 2.24) is 9.38 Å². The number of hydrogen-bond acceptors (Lipinski definition) is 5. The molecule has 0 saturated carbocycles. The molecule has 1 aliphatic rings. The maximum atomic E-state index is 14.1. The van der Waals surface area contributed by atoms with Crippen LogP contribution in [0.2, 0.25) is 0 Å². The van der Waals surface area contributed by atoms with Gasteiger partial charge in [-0.25, -0.2) is 13.8 Å². The molecule has 38 heavy (non-hydrogen) atoms. The van der Waals surface area contributed by atoms with E-state index in [0.717, 1.165) is 11.1 Å². The van der Waals surface area contributed by atoms with Gasteiger partial charge in [-0.05, 0) is 57.5 Å². The minimum absolute atomic E-state index is 0.124. The summed E-state index contributed by atoms with van der Waals surface area (Å²) < 4.78 is 47.8. The Bertz CT molecular complexity index is 1480. The highest BCUT2D eigenvalue weighted by Gasteiger charge is 2.43. The van der Waals surface area contributed by atoms with Crippen LogP contribution in [0.25, 0.3) is 5.65 Å². The summed E-state index contributed by atoms with van der Waals surface area (Å²) in [5.74, 6) is -1.92. The number of nitrogens with zero attached hydrogens (tertiary/aromatic N) is 2. The van der Waals surface area contributed by atoms with E-state index in [1.54, 1.807) is 29.7 Å². The molecule has 0 radical (unpaired) electrons. The third-order valence-corrected chi connectivity index (χ3v) is 7.01. The van der Waals surface area contributed by atoms with Crippen LogP contribution in [0.5, 0.6) is 5.75 Å². The standard InChI is InChI=1S/C30H30F2N2O4/c1-19-8-5-9-21(14-19)30(17-37-29(3,4)38-18-30)15-25(35)27-20(2)33-28-26(12-7-13-34(27)28)36-16-22-23(31)10-6-11-24(22)32/h5-14H,15-18H2,1-4H3. The molecule has 0 bridgehead atoms. The molecule has 0 N–H and O–H groups in total. The second-order valence-corrected chi connectivity index (χ2v) is 10.3. The summed E-state index contributed by atoms with van der Waals surface area (Å²) in [5, 5.41) is 0. The summed E-state index contributed by atoms with van der Waals surface area (Å²) >= 11 is 0. The summed E-state index contributed by atoms with van der Waals surface area (Å²) in [4.78, 5) is 18.5. The summed E-state index contributed by atoms with van der Waals surface area (Å²) in [6.07, 6.45) is 1.88. The van der Waals surface area contributed by atoms with Crippen LogP contribution in [0.3, 0.4) is 0 Å². The van der Waals surface area contributed by atoms with Gasteiger partial charge in [0, 0.05) is 18.0 Å². The van der Waals surface area contributed by atoms with E-state index in [-0.39, 0.29) is 24.4 Å². The quantitative estimate of drug-likeness (QED) is 0.276. The molecule has 1 fully saturated rings. The van der Waals surface area contributed by atoms with E-state index in [0.29, 0.717) is 36.0 Å². The van der Waals surface area contributed by atoms with Gasteiger partial charge in [-0.1, -0.05) is 35.9 Å². The van der Waals surface area contributed by atoms with Gasteiger partial charge in [0.25, 0.3) is 0 Å². The van der Waals surface area contributed by atoms with Gasteiger partial charge < -0.3 is 14.2 Å². The van der Waals surface area contributed by atoms with Crippen molar-refractivity contribution in [2.45, 2.75) is 51.9 Å². The summed E-state index contributed by atoms with van der Waals surface area (Å²) in [6, 6.07) is 15.1. The van der Waals surface area contributed by atoms with Gasteiger partial charge in [-0.2, -0.15) is 0 Å². The monoisotopic (exact) mass is 520 g/mol. The Morgan fingerprint density at radius 3 is 2.39 bits per heavy atom. The largest absolute Gasteiger partial charge is 0.485 e. The number of aryl methyl sites for hydroxylation is 2. The third-order valence-electron chi connectivity index (χ3n) is 7.01. The Morgan fingerprint density at radius 1 is 1.03 bits per heavy atom. The molecule has 3 heterocycles. The second kappa shape index (κ2) is 9.93. The van der Waals surface area contributed by atoms with Crippen LogP contribution in [-0.2, 0) is 21.5 Å². The Kier molecular flexibility index (Phi) is 6.79. The van der Waals surface area contributed by atoms with Crippen molar-refractivity contribution in [1.29, 1.82) is 0 Å². The molecule has 8 heteroatoms. The van der Waals surface area contributed by atoms with Gasteiger partial charge in [-0.3, -0.25) is 9.20 Å². The van der Waals surface area contributed by atoms with Crippen molar-refractivity contribution in [3.05, 3.63) is 101 Å². The average Bonchev–Trinajstić information content (AvgIpc) is 3.22. The van der Waals surface area contributed by atoms with Crippen LogP contribution in [0.15, 0.2) is 60.8 Å². The first-order chi connectivity index (χ1) is 18.1. The van der Waals surface area contributed by atoms with E-state index >= 15 is 0 Å². The molecule has 6 nitrogen and oxygen atoms in total. The average molecular weight is 521 g/mol. The lowest BCUT2D eigenvalue weighted by Gasteiger charge is -2.43. The zero-order chi connectivity index (χ0) is 27.1. The van der Waals surface area contributed by atoms with Crippen molar-refractivity contribution in [2.24, 2.45) is 0 Å². The number of ether oxygens (including phenoxy) is 3. The highest BCUT2D eigenvalue weighted by molar-refractivity contribution is 5.97.